The van der Waals surface area contributed by atoms with Gasteiger partial charge in [0.1, 0.15) is 5.84 Å². The summed E-state index contributed by atoms with van der Waals surface area (Å²) in [5.41, 5.74) is 13.9. The number of allylic oxidation sites excluding steroid dienone is 5. The molecule has 2 aliphatic rings. The number of benzene rings is 5. The highest BCUT2D eigenvalue weighted by molar-refractivity contribution is 6.12. The molecule has 2 atom stereocenters. The maximum atomic E-state index is 6.73. The first-order valence-electron chi connectivity index (χ1n) is 15.7. The van der Waals surface area contributed by atoms with E-state index in [9.17, 15) is 0 Å². The Kier molecular flexibility index (Phi) is 7.77. The molecule has 3 heteroatoms. The predicted molar refractivity (Wildman–Crippen MR) is 187 cm³/mol. The van der Waals surface area contributed by atoms with E-state index in [2.05, 4.69) is 140 Å². The van der Waals surface area contributed by atoms with E-state index in [0.717, 1.165) is 42.4 Å². The number of aliphatic imine (C=N–C) groups is 2. The Balaban J connectivity index is 1.23. The van der Waals surface area contributed by atoms with Crippen LogP contribution in [-0.4, -0.2) is 17.7 Å². The molecule has 2 unspecified atom stereocenters. The van der Waals surface area contributed by atoms with Crippen molar-refractivity contribution in [2.45, 2.75) is 38.6 Å². The molecule has 0 heterocycles. The van der Waals surface area contributed by atoms with Crippen molar-refractivity contribution in [3.05, 3.63) is 156 Å². The lowest BCUT2D eigenvalue weighted by atomic mass is 9.81. The molecule has 3 nitrogen and oxygen atoms in total. The molecule has 0 radical (unpaired) electrons. The highest BCUT2D eigenvalue weighted by Crippen LogP contribution is 2.34. The molecule has 216 valence electrons. The van der Waals surface area contributed by atoms with Gasteiger partial charge in [-0.2, -0.15) is 0 Å². The molecular weight excluding hydrogens is 534 g/mol. The van der Waals surface area contributed by atoms with Crippen molar-refractivity contribution in [3.8, 4) is 11.1 Å². The van der Waals surface area contributed by atoms with Gasteiger partial charge in [0.05, 0.1) is 6.04 Å². The average molecular weight is 572 g/mol. The SMILES string of the molecule is CCC(/N=C(\N=C(/N)c1ccc(-c2ccc3ccccc3c2)cc1)c1ccc2ccccc2c1)C1C=CC2=C(CCC=C2)C1. The van der Waals surface area contributed by atoms with Gasteiger partial charge in [0, 0.05) is 17.0 Å². The van der Waals surface area contributed by atoms with Crippen LogP contribution in [0.15, 0.2) is 155 Å². The normalized spacial score (nSPS) is 17.7. The molecule has 0 spiro atoms. The van der Waals surface area contributed by atoms with E-state index in [-0.39, 0.29) is 6.04 Å². The predicted octanol–water partition coefficient (Wildman–Crippen LogP) is 9.81. The highest BCUT2D eigenvalue weighted by Gasteiger charge is 2.24. The zero-order valence-corrected chi connectivity index (χ0v) is 25.2. The van der Waals surface area contributed by atoms with Crippen molar-refractivity contribution in [1.29, 1.82) is 0 Å². The van der Waals surface area contributed by atoms with Crippen LogP contribution in [0.1, 0.15) is 43.7 Å². The molecule has 5 aromatic carbocycles. The molecule has 5 aromatic rings. The van der Waals surface area contributed by atoms with Crippen LogP contribution in [-0.2, 0) is 0 Å². The van der Waals surface area contributed by atoms with Crippen molar-refractivity contribution in [2.75, 3.05) is 0 Å². The molecule has 0 aliphatic heterocycles. The minimum Gasteiger partial charge on any atom is -0.383 e. The fourth-order valence-electron chi connectivity index (χ4n) is 6.49. The van der Waals surface area contributed by atoms with E-state index in [4.69, 9.17) is 15.7 Å². The van der Waals surface area contributed by atoms with E-state index in [1.165, 1.54) is 32.7 Å². The summed E-state index contributed by atoms with van der Waals surface area (Å²) in [6, 6.07) is 38.4. The largest absolute Gasteiger partial charge is 0.383 e. The van der Waals surface area contributed by atoms with Gasteiger partial charge in [-0.05, 0) is 76.1 Å². The molecule has 0 bridgehead atoms. The summed E-state index contributed by atoms with van der Waals surface area (Å²) in [6.07, 6.45) is 13.5. The van der Waals surface area contributed by atoms with Crippen molar-refractivity contribution in [2.24, 2.45) is 21.6 Å². The van der Waals surface area contributed by atoms with E-state index in [1.54, 1.807) is 5.57 Å². The van der Waals surface area contributed by atoms with E-state index < -0.39 is 0 Å². The van der Waals surface area contributed by atoms with Crippen LogP contribution in [0.25, 0.3) is 32.7 Å². The molecule has 2 aliphatic carbocycles. The van der Waals surface area contributed by atoms with Crippen LogP contribution in [0.3, 0.4) is 0 Å². The number of hydrogen-bond acceptors (Lipinski definition) is 1. The van der Waals surface area contributed by atoms with Crippen molar-refractivity contribution >= 4 is 33.2 Å². The summed E-state index contributed by atoms with van der Waals surface area (Å²) in [6.45, 7) is 2.23. The average Bonchev–Trinajstić information content (AvgIpc) is 3.09. The summed E-state index contributed by atoms with van der Waals surface area (Å²) in [5, 5.41) is 4.84. The van der Waals surface area contributed by atoms with Crippen molar-refractivity contribution in [1.82, 2.24) is 0 Å². The Labute approximate surface area is 259 Å². The standard InChI is InChI=1S/C41H37N3/c1-2-39(37-23-18-29-10-4-7-13-34(29)26-37)43-41(38-24-19-30-11-5-8-14-35(30)27-38)44-40(42)32-20-15-31(16-21-32)36-22-17-28-9-3-6-12-33(28)25-36/h3-6,8-12,14-25,27,37,39H,2,7,13,26H2,1H3,(H2,42,43,44). The topological polar surface area (TPSA) is 50.7 Å². The molecule has 0 amide bonds. The van der Waals surface area contributed by atoms with Gasteiger partial charge in [-0.3, -0.25) is 4.99 Å². The lowest BCUT2D eigenvalue weighted by Gasteiger charge is -2.27. The zero-order chi connectivity index (χ0) is 29.9. The Hall–Kier alpha value is -5.02. The lowest BCUT2D eigenvalue weighted by Crippen LogP contribution is -2.23. The highest BCUT2D eigenvalue weighted by atomic mass is 15.0. The summed E-state index contributed by atoms with van der Waals surface area (Å²) in [4.78, 5) is 10.4. The first-order chi connectivity index (χ1) is 21.6. The fourth-order valence-corrected chi connectivity index (χ4v) is 6.49. The molecule has 44 heavy (non-hydrogen) atoms. The van der Waals surface area contributed by atoms with Gasteiger partial charge in [-0.25, -0.2) is 4.99 Å². The van der Waals surface area contributed by atoms with Gasteiger partial charge >= 0.3 is 0 Å². The molecule has 0 saturated heterocycles. The number of nitrogens with zero attached hydrogens (tertiary/aromatic N) is 2. The Bertz CT molecular complexity index is 1990. The van der Waals surface area contributed by atoms with Gasteiger partial charge in [0.25, 0.3) is 0 Å². The van der Waals surface area contributed by atoms with Gasteiger partial charge in [-0.15, -0.1) is 0 Å². The van der Waals surface area contributed by atoms with Crippen LogP contribution in [0.2, 0.25) is 0 Å². The van der Waals surface area contributed by atoms with E-state index in [1.807, 2.05) is 0 Å². The van der Waals surface area contributed by atoms with Gasteiger partial charge in [-0.1, -0.05) is 134 Å². The number of rotatable bonds is 6. The Morgan fingerprint density at radius 3 is 2.16 bits per heavy atom. The molecule has 2 N–H and O–H groups in total. The third kappa shape index (κ3) is 5.78. The van der Waals surface area contributed by atoms with Gasteiger partial charge < -0.3 is 5.73 Å². The lowest BCUT2D eigenvalue weighted by molar-refractivity contribution is 0.475. The summed E-state index contributed by atoms with van der Waals surface area (Å²) >= 11 is 0. The molecule has 7 rings (SSSR count). The monoisotopic (exact) mass is 571 g/mol. The fraction of sp³-hybridized carbons (Fsp3) is 0.171. The maximum Gasteiger partial charge on any atom is 0.157 e. The van der Waals surface area contributed by atoms with Crippen molar-refractivity contribution < 1.29 is 0 Å². The van der Waals surface area contributed by atoms with E-state index >= 15 is 0 Å². The third-order valence-corrected chi connectivity index (χ3v) is 9.02. The molecule has 0 aromatic heterocycles. The first-order valence-corrected chi connectivity index (χ1v) is 15.7. The van der Waals surface area contributed by atoms with Gasteiger partial charge in [0.2, 0.25) is 0 Å². The second kappa shape index (κ2) is 12.3. The summed E-state index contributed by atoms with van der Waals surface area (Å²) in [5.74, 6) is 1.51. The Morgan fingerprint density at radius 2 is 1.41 bits per heavy atom. The third-order valence-electron chi connectivity index (χ3n) is 9.02. The van der Waals surface area contributed by atoms with Crippen LogP contribution in [0.4, 0.5) is 0 Å². The Morgan fingerprint density at radius 1 is 0.750 bits per heavy atom. The minimum atomic E-state index is 0.111. The summed E-state index contributed by atoms with van der Waals surface area (Å²) in [7, 11) is 0. The van der Waals surface area contributed by atoms with Crippen LogP contribution in [0.5, 0.6) is 0 Å². The summed E-state index contributed by atoms with van der Waals surface area (Å²) < 4.78 is 0. The second-order valence-corrected chi connectivity index (χ2v) is 11.9. The smallest absolute Gasteiger partial charge is 0.157 e. The second-order valence-electron chi connectivity index (χ2n) is 11.9. The number of hydrogen-bond donors (Lipinski definition) is 1. The van der Waals surface area contributed by atoms with Gasteiger partial charge in [0.15, 0.2) is 5.84 Å². The van der Waals surface area contributed by atoms with Crippen LogP contribution >= 0.6 is 0 Å². The number of fused-ring (bicyclic) bond motifs is 2. The number of amidine groups is 2. The maximum absolute atomic E-state index is 6.73. The molecule has 0 saturated carbocycles. The van der Waals surface area contributed by atoms with E-state index in [0.29, 0.717) is 17.6 Å². The van der Waals surface area contributed by atoms with Crippen molar-refractivity contribution in [3.63, 3.8) is 0 Å². The first kappa shape index (κ1) is 27.8. The minimum absolute atomic E-state index is 0.111. The molecule has 0 fully saturated rings. The zero-order valence-electron chi connectivity index (χ0n) is 25.2. The number of nitrogens with two attached hydrogens (primary N) is 1. The van der Waals surface area contributed by atoms with Crippen LogP contribution < -0.4 is 5.73 Å². The quantitative estimate of drug-likeness (QED) is 0.160. The molecular formula is C41H37N3. The van der Waals surface area contributed by atoms with Crippen LogP contribution in [0, 0.1) is 5.92 Å².